The van der Waals surface area contributed by atoms with E-state index in [1.54, 1.807) is 0 Å². The minimum atomic E-state index is -0.235. The van der Waals surface area contributed by atoms with E-state index in [1.165, 1.54) is 16.8 Å². The summed E-state index contributed by atoms with van der Waals surface area (Å²) in [6.07, 6.45) is 0.892. The highest BCUT2D eigenvalue weighted by atomic mass is 16.2. The Morgan fingerprint density at radius 3 is 2.33 bits per heavy atom. The fourth-order valence-corrected chi connectivity index (χ4v) is 2.81. The quantitative estimate of drug-likeness (QED) is 0.851. The molecule has 1 aliphatic heterocycles. The van der Waals surface area contributed by atoms with Crippen LogP contribution >= 0.6 is 0 Å². The van der Waals surface area contributed by atoms with Crippen LogP contribution in [0.3, 0.4) is 0 Å². The van der Waals surface area contributed by atoms with Gasteiger partial charge in [-0.15, -0.1) is 0 Å². The molecule has 21 heavy (non-hydrogen) atoms. The summed E-state index contributed by atoms with van der Waals surface area (Å²) in [4.78, 5) is 17.0. The van der Waals surface area contributed by atoms with Gasteiger partial charge in [-0.3, -0.25) is 4.79 Å². The highest BCUT2D eigenvalue weighted by Crippen LogP contribution is 2.27. The Morgan fingerprint density at radius 2 is 1.76 bits per heavy atom. The number of rotatable bonds is 3. The van der Waals surface area contributed by atoms with E-state index in [2.05, 4.69) is 43.9 Å². The van der Waals surface area contributed by atoms with Gasteiger partial charge >= 0.3 is 0 Å². The smallest absolute Gasteiger partial charge is 0.228 e. The van der Waals surface area contributed by atoms with Crippen LogP contribution in [-0.2, 0) is 4.79 Å². The van der Waals surface area contributed by atoms with Gasteiger partial charge in [0.15, 0.2) is 0 Å². The Kier molecular flexibility index (Phi) is 4.60. The molecule has 0 spiro atoms. The zero-order valence-corrected chi connectivity index (χ0v) is 14.1. The molecule has 0 saturated carbocycles. The number of carbonyl (C=O) groups is 1. The van der Waals surface area contributed by atoms with Crippen molar-refractivity contribution >= 4 is 11.6 Å². The molecule has 1 aromatic carbocycles. The summed E-state index contributed by atoms with van der Waals surface area (Å²) < 4.78 is 0. The van der Waals surface area contributed by atoms with Gasteiger partial charge in [0.2, 0.25) is 5.91 Å². The Hall–Kier alpha value is -1.51. The van der Waals surface area contributed by atoms with E-state index in [1.807, 2.05) is 18.7 Å². The van der Waals surface area contributed by atoms with Gasteiger partial charge in [-0.25, -0.2) is 0 Å². The van der Waals surface area contributed by atoms with Crippen LogP contribution in [0.15, 0.2) is 18.2 Å². The molecule has 0 N–H and O–H groups in total. The Morgan fingerprint density at radius 1 is 1.14 bits per heavy atom. The summed E-state index contributed by atoms with van der Waals surface area (Å²) in [6, 6.07) is 6.47. The maximum atomic E-state index is 12.5. The molecule has 3 nitrogen and oxygen atoms in total. The largest absolute Gasteiger partial charge is 0.368 e. The van der Waals surface area contributed by atoms with Crippen molar-refractivity contribution in [3.8, 4) is 0 Å². The third-order valence-electron chi connectivity index (χ3n) is 4.95. The molecule has 0 aromatic heterocycles. The molecule has 1 aliphatic rings. The fraction of sp³-hybridized carbons (Fsp3) is 0.611. The average molecular weight is 288 g/mol. The number of amides is 1. The minimum Gasteiger partial charge on any atom is -0.368 e. The van der Waals surface area contributed by atoms with E-state index < -0.39 is 0 Å². The van der Waals surface area contributed by atoms with E-state index in [0.29, 0.717) is 5.91 Å². The van der Waals surface area contributed by atoms with E-state index >= 15 is 0 Å². The number of hydrogen-bond acceptors (Lipinski definition) is 2. The van der Waals surface area contributed by atoms with Gasteiger partial charge < -0.3 is 9.80 Å². The van der Waals surface area contributed by atoms with Crippen LogP contribution in [-0.4, -0.2) is 37.0 Å². The fourth-order valence-electron chi connectivity index (χ4n) is 2.81. The molecule has 1 amide bonds. The zero-order chi connectivity index (χ0) is 15.6. The van der Waals surface area contributed by atoms with Gasteiger partial charge in [0.05, 0.1) is 0 Å². The molecule has 0 atom stereocenters. The maximum Gasteiger partial charge on any atom is 0.228 e. The Labute approximate surface area is 128 Å². The Bertz CT molecular complexity index is 514. The Balaban J connectivity index is 2.04. The number of benzene rings is 1. The lowest BCUT2D eigenvalue weighted by molar-refractivity contribution is -0.140. The van der Waals surface area contributed by atoms with Crippen LogP contribution in [0.1, 0.15) is 38.3 Å². The number of hydrogen-bond donors (Lipinski definition) is 0. The van der Waals surface area contributed by atoms with E-state index in [-0.39, 0.29) is 5.41 Å². The third kappa shape index (κ3) is 3.22. The summed E-state index contributed by atoms with van der Waals surface area (Å²) >= 11 is 0. The zero-order valence-electron chi connectivity index (χ0n) is 14.1. The van der Waals surface area contributed by atoms with Crippen molar-refractivity contribution in [1.82, 2.24) is 4.90 Å². The van der Waals surface area contributed by atoms with Crippen molar-refractivity contribution in [3.05, 3.63) is 29.3 Å². The van der Waals surface area contributed by atoms with Crippen LogP contribution in [0, 0.1) is 19.3 Å². The highest BCUT2D eigenvalue weighted by Gasteiger charge is 2.32. The van der Waals surface area contributed by atoms with Gasteiger partial charge in [-0.05, 0) is 37.5 Å². The lowest BCUT2D eigenvalue weighted by atomic mass is 9.88. The van der Waals surface area contributed by atoms with Crippen LogP contribution in [0.4, 0.5) is 5.69 Å². The van der Waals surface area contributed by atoms with E-state index in [4.69, 9.17) is 0 Å². The number of anilines is 1. The van der Waals surface area contributed by atoms with E-state index in [0.717, 1.165) is 32.6 Å². The van der Waals surface area contributed by atoms with Crippen molar-refractivity contribution in [1.29, 1.82) is 0 Å². The number of aryl methyl sites for hydroxylation is 1. The molecular weight excluding hydrogens is 260 g/mol. The summed E-state index contributed by atoms with van der Waals surface area (Å²) in [5.41, 5.74) is 3.77. The molecule has 116 valence electrons. The van der Waals surface area contributed by atoms with Gasteiger partial charge in [0.1, 0.15) is 0 Å². The monoisotopic (exact) mass is 288 g/mol. The number of nitrogens with zero attached hydrogens (tertiary/aromatic N) is 2. The predicted molar refractivity (Wildman–Crippen MR) is 88.8 cm³/mol. The van der Waals surface area contributed by atoms with Gasteiger partial charge in [0, 0.05) is 37.3 Å². The van der Waals surface area contributed by atoms with Crippen molar-refractivity contribution < 1.29 is 4.79 Å². The van der Waals surface area contributed by atoms with Crippen LogP contribution in [0.5, 0.6) is 0 Å². The van der Waals surface area contributed by atoms with E-state index in [9.17, 15) is 4.79 Å². The molecule has 0 radical (unpaired) electrons. The molecule has 1 fully saturated rings. The van der Waals surface area contributed by atoms with Gasteiger partial charge in [-0.1, -0.05) is 32.9 Å². The molecule has 1 saturated heterocycles. The molecular formula is C18H28N2O. The number of piperazine rings is 1. The second-order valence-electron chi connectivity index (χ2n) is 6.74. The first kappa shape index (κ1) is 15.9. The average Bonchev–Trinajstić information content (AvgIpc) is 2.49. The first-order valence-corrected chi connectivity index (χ1v) is 7.97. The second-order valence-corrected chi connectivity index (χ2v) is 6.74. The first-order chi connectivity index (χ1) is 9.86. The normalized spacial score (nSPS) is 16.2. The molecule has 1 aromatic rings. The lowest BCUT2D eigenvalue weighted by Crippen LogP contribution is -2.52. The van der Waals surface area contributed by atoms with Gasteiger partial charge in [-0.2, -0.15) is 0 Å². The summed E-state index contributed by atoms with van der Waals surface area (Å²) in [7, 11) is 0. The summed E-state index contributed by atoms with van der Waals surface area (Å²) in [5.74, 6) is 0.297. The molecule has 0 bridgehead atoms. The van der Waals surface area contributed by atoms with Crippen LogP contribution in [0.2, 0.25) is 0 Å². The maximum absolute atomic E-state index is 12.5. The minimum absolute atomic E-state index is 0.235. The summed E-state index contributed by atoms with van der Waals surface area (Å²) in [6.45, 7) is 14.0. The second kappa shape index (κ2) is 6.08. The molecule has 2 rings (SSSR count). The first-order valence-electron chi connectivity index (χ1n) is 7.97. The summed E-state index contributed by atoms with van der Waals surface area (Å²) in [5, 5.41) is 0. The predicted octanol–water partition coefficient (Wildman–Crippen LogP) is 3.39. The topological polar surface area (TPSA) is 23.6 Å². The SMILES string of the molecule is CCC(C)(C)C(=O)N1CCN(c2cccc(C)c2C)CC1. The standard InChI is InChI=1S/C18H28N2O/c1-6-18(4,5)17(21)20-12-10-19(11-13-20)16-9-7-8-14(2)15(16)3/h7-9H,6,10-13H2,1-5H3. The molecule has 0 unspecified atom stereocenters. The highest BCUT2D eigenvalue weighted by molar-refractivity contribution is 5.82. The van der Waals surface area contributed by atoms with Crippen LogP contribution < -0.4 is 4.90 Å². The van der Waals surface area contributed by atoms with Crippen molar-refractivity contribution in [2.24, 2.45) is 5.41 Å². The van der Waals surface area contributed by atoms with Crippen LogP contribution in [0.25, 0.3) is 0 Å². The van der Waals surface area contributed by atoms with Crippen molar-refractivity contribution in [2.75, 3.05) is 31.1 Å². The molecule has 0 aliphatic carbocycles. The van der Waals surface area contributed by atoms with Crippen molar-refractivity contribution in [2.45, 2.75) is 41.0 Å². The van der Waals surface area contributed by atoms with Gasteiger partial charge in [0.25, 0.3) is 0 Å². The third-order valence-corrected chi connectivity index (χ3v) is 4.95. The molecule has 3 heteroatoms. The lowest BCUT2D eigenvalue weighted by Gasteiger charge is -2.40. The van der Waals surface area contributed by atoms with Crippen molar-refractivity contribution in [3.63, 3.8) is 0 Å². The molecule has 1 heterocycles. The number of carbonyl (C=O) groups excluding carboxylic acids is 1.